The second-order valence-electron chi connectivity index (χ2n) is 10.5. The number of aryl methyl sites for hydroxylation is 2. The van der Waals surface area contributed by atoms with Gasteiger partial charge in [-0.15, -0.1) is 0 Å². The number of sulfone groups is 1. The summed E-state index contributed by atoms with van der Waals surface area (Å²) in [4.78, 5) is -0.432. The number of sulfonamides is 2. The molecular weight excluding hydrogens is 532 g/mol. The molecule has 2 aromatic rings. The topological polar surface area (TPSA) is 109 Å². The first-order valence-electron chi connectivity index (χ1n) is 12.7. The SMILES string of the molecule is Cc1ccc(S(=O)(=O)c2ccc(C)c(S(=O)(=O)N3CCC(C)CC3)c2)cc1S(=O)(=O)N1CCC(C)CC1. The predicted molar refractivity (Wildman–Crippen MR) is 142 cm³/mol. The van der Waals surface area contributed by atoms with Gasteiger partial charge in [-0.3, -0.25) is 0 Å². The molecule has 2 aromatic carbocycles. The highest BCUT2D eigenvalue weighted by Crippen LogP contribution is 2.32. The Morgan fingerprint density at radius 3 is 1.24 bits per heavy atom. The molecule has 0 aliphatic carbocycles. The zero-order valence-corrected chi connectivity index (χ0v) is 24.3. The van der Waals surface area contributed by atoms with Crippen LogP contribution in [-0.2, 0) is 29.9 Å². The van der Waals surface area contributed by atoms with Gasteiger partial charge in [-0.25, -0.2) is 25.3 Å². The van der Waals surface area contributed by atoms with Crippen molar-refractivity contribution >= 4 is 29.9 Å². The van der Waals surface area contributed by atoms with Crippen LogP contribution in [0.5, 0.6) is 0 Å². The summed E-state index contributed by atoms with van der Waals surface area (Å²) in [6.45, 7) is 9.05. The Hall–Kier alpha value is -1.79. The standard InChI is InChI=1S/C26H36N2O6S3/c1-19-9-13-27(14-10-19)36(31,32)25-17-23(7-5-21(25)3)35(29,30)24-8-6-22(4)26(18-24)37(33,34)28-15-11-20(2)12-16-28/h5-8,17-20H,9-16H2,1-4H3. The molecule has 2 aliphatic rings. The minimum absolute atomic E-state index is 0.0366. The van der Waals surface area contributed by atoms with E-state index in [1.54, 1.807) is 13.8 Å². The molecule has 0 unspecified atom stereocenters. The van der Waals surface area contributed by atoms with Crippen LogP contribution in [0.3, 0.4) is 0 Å². The molecule has 2 fully saturated rings. The minimum atomic E-state index is -4.18. The molecule has 0 atom stereocenters. The average Bonchev–Trinajstić information content (AvgIpc) is 2.84. The quantitative estimate of drug-likeness (QED) is 0.522. The van der Waals surface area contributed by atoms with Gasteiger partial charge in [0.05, 0.1) is 19.6 Å². The van der Waals surface area contributed by atoms with E-state index >= 15 is 0 Å². The van der Waals surface area contributed by atoms with Gasteiger partial charge < -0.3 is 0 Å². The fourth-order valence-corrected chi connectivity index (χ4v) is 9.82. The van der Waals surface area contributed by atoms with Crippen molar-refractivity contribution in [2.75, 3.05) is 26.2 Å². The molecular formula is C26H36N2O6S3. The molecule has 204 valence electrons. The van der Waals surface area contributed by atoms with E-state index in [9.17, 15) is 25.3 Å². The van der Waals surface area contributed by atoms with E-state index in [1.807, 2.05) is 0 Å². The van der Waals surface area contributed by atoms with Gasteiger partial charge in [0.25, 0.3) is 0 Å². The molecule has 37 heavy (non-hydrogen) atoms. The van der Waals surface area contributed by atoms with Gasteiger partial charge in [-0.2, -0.15) is 8.61 Å². The van der Waals surface area contributed by atoms with Gasteiger partial charge in [0.2, 0.25) is 29.9 Å². The Balaban J connectivity index is 1.72. The van der Waals surface area contributed by atoms with E-state index in [1.165, 1.54) is 45.0 Å². The largest absolute Gasteiger partial charge is 0.243 e. The molecule has 0 saturated carbocycles. The van der Waals surface area contributed by atoms with Gasteiger partial charge in [0.15, 0.2) is 0 Å². The second kappa shape index (κ2) is 10.4. The maximum absolute atomic E-state index is 13.6. The van der Waals surface area contributed by atoms with Crippen LogP contribution in [0.1, 0.15) is 50.7 Å². The molecule has 0 amide bonds. The summed E-state index contributed by atoms with van der Waals surface area (Å²) in [5, 5.41) is 0. The zero-order valence-electron chi connectivity index (χ0n) is 21.8. The number of nitrogens with zero attached hydrogens (tertiary/aromatic N) is 2. The van der Waals surface area contributed by atoms with E-state index in [2.05, 4.69) is 13.8 Å². The van der Waals surface area contributed by atoms with Crippen molar-refractivity contribution in [3.8, 4) is 0 Å². The minimum Gasteiger partial charge on any atom is -0.219 e. The number of hydrogen-bond acceptors (Lipinski definition) is 6. The third-order valence-corrected chi connectivity index (χ3v) is 13.5. The highest BCUT2D eigenvalue weighted by atomic mass is 32.2. The van der Waals surface area contributed by atoms with Crippen molar-refractivity contribution in [1.29, 1.82) is 0 Å². The van der Waals surface area contributed by atoms with Crippen LogP contribution in [0.25, 0.3) is 0 Å². The van der Waals surface area contributed by atoms with Crippen LogP contribution in [0.4, 0.5) is 0 Å². The van der Waals surface area contributed by atoms with Crippen LogP contribution in [0.2, 0.25) is 0 Å². The highest BCUT2D eigenvalue weighted by Gasteiger charge is 2.33. The average molecular weight is 569 g/mol. The van der Waals surface area contributed by atoms with Crippen molar-refractivity contribution in [2.45, 2.75) is 73.0 Å². The van der Waals surface area contributed by atoms with Gasteiger partial charge in [0.1, 0.15) is 0 Å². The molecule has 0 N–H and O–H groups in total. The van der Waals surface area contributed by atoms with Gasteiger partial charge in [-0.1, -0.05) is 26.0 Å². The third-order valence-electron chi connectivity index (χ3n) is 7.66. The lowest BCUT2D eigenvalue weighted by Crippen LogP contribution is -2.38. The molecule has 8 nitrogen and oxygen atoms in total. The van der Waals surface area contributed by atoms with Crippen molar-refractivity contribution < 1.29 is 25.3 Å². The normalized spacial score (nSPS) is 19.8. The van der Waals surface area contributed by atoms with Crippen molar-refractivity contribution in [1.82, 2.24) is 8.61 Å². The smallest absolute Gasteiger partial charge is 0.219 e. The summed E-state index contributed by atoms with van der Waals surface area (Å²) < 4.78 is 83.7. The maximum atomic E-state index is 13.6. The summed E-state index contributed by atoms with van der Waals surface area (Å²) in [5.74, 6) is 0.888. The molecule has 2 heterocycles. The lowest BCUT2D eigenvalue weighted by Gasteiger charge is -2.30. The molecule has 4 rings (SSSR count). The van der Waals surface area contributed by atoms with Crippen molar-refractivity contribution in [3.05, 3.63) is 47.5 Å². The van der Waals surface area contributed by atoms with Crippen LogP contribution in [-0.4, -0.2) is 60.0 Å². The molecule has 2 aliphatic heterocycles. The van der Waals surface area contributed by atoms with Crippen LogP contribution >= 0.6 is 0 Å². The fraction of sp³-hybridized carbons (Fsp3) is 0.538. The number of hydrogen-bond donors (Lipinski definition) is 0. The molecule has 0 radical (unpaired) electrons. The number of benzene rings is 2. The first kappa shape index (κ1) is 28.2. The zero-order chi connectivity index (χ0) is 27.2. The Kier molecular flexibility index (Phi) is 7.94. The Bertz CT molecular complexity index is 1380. The first-order chi connectivity index (χ1) is 17.2. The van der Waals surface area contributed by atoms with E-state index in [4.69, 9.17) is 0 Å². The van der Waals surface area contributed by atoms with Crippen LogP contribution < -0.4 is 0 Å². The lowest BCUT2D eigenvalue weighted by atomic mass is 10.0. The first-order valence-corrected chi connectivity index (χ1v) is 17.1. The van der Waals surface area contributed by atoms with E-state index in [0.717, 1.165) is 25.7 Å². The van der Waals surface area contributed by atoms with Gasteiger partial charge >= 0.3 is 0 Å². The summed E-state index contributed by atoms with van der Waals surface area (Å²) in [6.07, 6.45) is 3.03. The van der Waals surface area contributed by atoms with Crippen LogP contribution in [0, 0.1) is 25.7 Å². The number of rotatable bonds is 6. The second-order valence-corrected chi connectivity index (χ2v) is 16.3. The Morgan fingerprint density at radius 2 is 0.919 bits per heavy atom. The highest BCUT2D eigenvalue weighted by molar-refractivity contribution is 7.92. The summed E-state index contributed by atoms with van der Waals surface area (Å²) in [7, 11) is -11.9. The molecule has 11 heteroatoms. The molecule has 0 aromatic heterocycles. The van der Waals surface area contributed by atoms with Crippen LogP contribution in [0.15, 0.2) is 56.0 Å². The maximum Gasteiger partial charge on any atom is 0.243 e. The predicted octanol–water partition coefficient (Wildman–Crippen LogP) is 3.98. The fourth-order valence-electron chi connectivity index (χ4n) is 4.92. The Labute approximate surface area is 221 Å². The Morgan fingerprint density at radius 1 is 0.595 bits per heavy atom. The summed E-state index contributed by atoms with van der Waals surface area (Å²) in [5.41, 5.74) is 0.924. The molecule has 0 spiro atoms. The number of piperidine rings is 2. The molecule has 0 bridgehead atoms. The van der Waals surface area contributed by atoms with E-state index < -0.39 is 29.9 Å². The third kappa shape index (κ3) is 5.52. The van der Waals surface area contributed by atoms with Crippen molar-refractivity contribution in [2.24, 2.45) is 11.8 Å². The van der Waals surface area contributed by atoms with E-state index in [-0.39, 0.29) is 19.6 Å². The lowest BCUT2D eigenvalue weighted by molar-refractivity contribution is 0.287. The summed E-state index contributed by atoms with van der Waals surface area (Å²) in [6, 6.07) is 8.15. The van der Waals surface area contributed by atoms with Gasteiger partial charge in [0, 0.05) is 26.2 Å². The van der Waals surface area contributed by atoms with Gasteiger partial charge in [-0.05, 0) is 86.8 Å². The molecule has 2 saturated heterocycles. The monoisotopic (exact) mass is 568 g/mol. The van der Waals surface area contributed by atoms with E-state index in [0.29, 0.717) is 49.1 Å². The van der Waals surface area contributed by atoms with Crippen molar-refractivity contribution in [3.63, 3.8) is 0 Å². The summed E-state index contributed by atoms with van der Waals surface area (Å²) >= 11 is 0.